The molecule has 5 nitrogen and oxygen atoms in total. The van der Waals surface area contributed by atoms with Crippen molar-refractivity contribution < 1.29 is 4.79 Å². The first-order chi connectivity index (χ1) is 10.3. The second kappa shape index (κ2) is 7.09. The third-order valence-electron chi connectivity index (χ3n) is 4.26. The number of likely N-dealkylation sites (tertiary alicyclic amines) is 1. The third kappa shape index (κ3) is 5.30. The summed E-state index contributed by atoms with van der Waals surface area (Å²) in [4.78, 5) is 18.6. The number of urea groups is 1. The highest BCUT2D eigenvalue weighted by Gasteiger charge is 2.24. The fourth-order valence-corrected chi connectivity index (χ4v) is 2.79. The van der Waals surface area contributed by atoms with E-state index < -0.39 is 0 Å². The average Bonchev–Trinajstić information content (AvgIpc) is 2.39. The van der Waals surface area contributed by atoms with Crippen molar-refractivity contribution in [1.29, 1.82) is 0 Å². The van der Waals surface area contributed by atoms with Crippen LogP contribution < -0.4 is 10.6 Å². The van der Waals surface area contributed by atoms with Gasteiger partial charge in [0.1, 0.15) is 0 Å². The fraction of sp³-hybridized carbons (Fsp3) is 0.647. The van der Waals surface area contributed by atoms with Gasteiger partial charge in [0.05, 0.1) is 0 Å². The maximum Gasteiger partial charge on any atom is 0.319 e. The predicted molar refractivity (Wildman–Crippen MR) is 90.2 cm³/mol. The minimum Gasteiger partial charge on any atom is -0.337 e. The second-order valence-electron chi connectivity index (χ2n) is 7.03. The molecule has 1 saturated heterocycles. The van der Waals surface area contributed by atoms with E-state index in [0.29, 0.717) is 12.0 Å². The Morgan fingerprint density at radius 2 is 1.82 bits per heavy atom. The monoisotopic (exact) mass is 304 g/mol. The van der Waals surface area contributed by atoms with Crippen LogP contribution in [0.2, 0.25) is 0 Å². The molecular weight excluding hydrogens is 276 g/mol. The molecule has 1 aromatic heterocycles. The van der Waals surface area contributed by atoms with Gasteiger partial charge >= 0.3 is 6.03 Å². The van der Waals surface area contributed by atoms with Crippen molar-refractivity contribution in [1.82, 2.24) is 15.2 Å². The molecule has 122 valence electrons. The van der Waals surface area contributed by atoms with E-state index in [1.807, 2.05) is 26.0 Å². The van der Waals surface area contributed by atoms with Crippen LogP contribution in [0.5, 0.6) is 0 Å². The lowest BCUT2D eigenvalue weighted by Gasteiger charge is -2.36. The first-order valence-corrected chi connectivity index (χ1v) is 8.07. The molecule has 2 N–H and O–H groups in total. The molecule has 0 radical (unpaired) electrons. The van der Waals surface area contributed by atoms with Gasteiger partial charge in [-0.3, -0.25) is 4.98 Å². The van der Waals surface area contributed by atoms with Crippen LogP contribution in [0.4, 0.5) is 10.5 Å². The van der Waals surface area contributed by atoms with Gasteiger partial charge in [-0.25, -0.2) is 4.79 Å². The zero-order valence-electron chi connectivity index (χ0n) is 14.2. The number of rotatable bonds is 4. The summed E-state index contributed by atoms with van der Waals surface area (Å²) in [5.74, 6) is 0. The van der Waals surface area contributed by atoms with E-state index in [0.717, 1.165) is 36.7 Å². The van der Waals surface area contributed by atoms with Crippen LogP contribution in [0.3, 0.4) is 0 Å². The van der Waals surface area contributed by atoms with E-state index in [9.17, 15) is 4.79 Å². The number of anilines is 1. The average molecular weight is 304 g/mol. The summed E-state index contributed by atoms with van der Waals surface area (Å²) in [5, 5.41) is 5.79. The molecule has 0 atom stereocenters. The summed E-state index contributed by atoms with van der Waals surface area (Å²) in [6, 6.07) is 3.60. The molecular formula is C17H28N4O. The normalized spacial score (nSPS) is 18.0. The highest BCUT2D eigenvalue weighted by atomic mass is 16.2. The molecule has 2 rings (SSSR count). The number of carbonyl (C=O) groups excluding carboxylic acids is 1. The van der Waals surface area contributed by atoms with Crippen molar-refractivity contribution >= 4 is 11.7 Å². The highest BCUT2D eigenvalue weighted by molar-refractivity contribution is 5.89. The van der Waals surface area contributed by atoms with Crippen LogP contribution in [0.1, 0.15) is 38.1 Å². The van der Waals surface area contributed by atoms with E-state index >= 15 is 0 Å². The van der Waals surface area contributed by atoms with E-state index in [4.69, 9.17) is 0 Å². The van der Waals surface area contributed by atoms with Crippen LogP contribution >= 0.6 is 0 Å². The summed E-state index contributed by atoms with van der Waals surface area (Å²) >= 11 is 0. The minimum atomic E-state index is -0.151. The number of aromatic nitrogens is 1. The van der Waals surface area contributed by atoms with Crippen molar-refractivity contribution in [2.24, 2.45) is 5.41 Å². The van der Waals surface area contributed by atoms with Crippen LogP contribution in [-0.2, 0) is 0 Å². The van der Waals surface area contributed by atoms with Gasteiger partial charge < -0.3 is 15.5 Å². The number of pyridine rings is 1. The molecule has 1 aliphatic heterocycles. The van der Waals surface area contributed by atoms with Crippen LogP contribution in [0, 0.1) is 19.3 Å². The molecule has 0 bridgehead atoms. The number of piperidine rings is 1. The van der Waals surface area contributed by atoms with Gasteiger partial charge in [-0.05, 0) is 57.3 Å². The van der Waals surface area contributed by atoms with Gasteiger partial charge in [0, 0.05) is 30.2 Å². The van der Waals surface area contributed by atoms with E-state index in [-0.39, 0.29) is 6.03 Å². The van der Waals surface area contributed by atoms with Crippen molar-refractivity contribution in [2.45, 2.75) is 40.5 Å². The van der Waals surface area contributed by atoms with Crippen molar-refractivity contribution in [3.8, 4) is 0 Å². The lowest BCUT2D eigenvalue weighted by Crippen LogP contribution is -2.42. The Hall–Kier alpha value is -1.62. The van der Waals surface area contributed by atoms with Crippen molar-refractivity contribution in [3.63, 3.8) is 0 Å². The number of aryl methyl sites for hydroxylation is 2. The molecule has 0 aromatic carbocycles. The number of nitrogens with one attached hydrogen (secondary N) is 2. The third-order valence-corrected chi connectivity index (χ3v) is 4.26. The van der Waals surface area contributed by atoms with Gasteiger partial charge in [0.2, 0.25) is 0 Å². The number of nitrogens with zero attached hydrogens (tertiary/aromatic N) is 2. The minimum absolute atomic E-state index is 0.151. The van der Waals surface area contributed by atoms with Gasteiger partial charge in [-0.2, -0.15) is 0 Å². The highest BCUT2D eigenvalue weighted by Crippen LogP contribution is 2.29. The molecule has 22 heavy (non-hydrogen) atoms. The molecule has 1 aromatic rings. The van der Waals surface area contributed by atoms with Crippen LogP contribution in [0.25, 0.3) is 0 Å². The molecule has 2 heterocycles. The molecule has 2 amide bonds. The quantitative estimate of drug-likeness (QED) is 0.899. The Morgan fingerprint density at radius 3 is 2.41 bits per heavy atom. The zero-order chi connectivity index (χ0) is 16.2. The Balaban J connectivity index is 1.70. The molecule has 1 aliphatic rings. The van der Waals surface area contributed by atoms with Crippen LogP contribution in [-0.4, -0.2) is 42.1 Å². The van der Waals surface area contributed by atoms with E-state index in [1.54, 1.807) is 0 Å². The van der Waals surface area contributed by atoms with Gasteiger partial charge in [-0.1, -0.05) is 13.8 Å². The number of hydrogen-bond donors (Lipinski definition) is 2. The summed E-state index contributed by atoms with van der Waals surface area (Å²) < 4.78 is 0. The largest absolute Gasteiger partial charge is 0.337 e. The summed E-state index contributed by atoms with van der Waals surface area (Å²) in [6.07, 6.45) is 2.46. The molecule has 0 unspecified atom stereocenters. The van der Waals surface area contributed by atoms with Gasteiger partial charge in [0.15, 0.2) is 0 Å². The van der Waals surface area contributed by atoms with Crippen LogP contribution in [0.15, 0.2) is 12.1 Å². The SMILES string of the molecule is Cc1cc(NC(=O)NCCN2CCC(C)(C)CC2)cc(C)n1. The van der Waals surface area contributed by atoms with Crippen molar-refractivity contribution in [2.75, 3.05) is 31.5 Å². The topological polar surface area (TPSA) is 57.3 Å². The first kappa shape index (κ1) is 16.7. The Kier molecular flexibility index (Phi) is 5.40. The Labute approximate surface area is 133 Å². The number of amides is 2. The lowest BCUT2D eigenvalue weighted by atomic mass is 9.83. The summed E-state index contributed by atoms with van der Waals surface area (Å²) in [5.41, 5.74) is 3.08. The van der Waals surface area contributed by atoms with Gasteiger partial charge in [-0.15, -0.1) is 0 Å². The van der Waals surface area contributed by atoms with E-state index in [2.05, 4.69) is 34.4 Å². The maximum absolute atomic E-state index is 11.9. The van der Waals surface area contributed by atoms with E-state index in [1.165, 1.54) is 12.8 Å². The predicted octanol–water partition coefficient (Wildman–Crippen LogP) is 2.94. The standard InChI is InChI=1S/C17H28N4O/c1-13-11-15(12-14(2)19-13)20-16(22)18-7-10-21-8-5-17(3,4)6-9-21/h11-12H,5-10H2,1-4H3,(H2,18,19,20,22). The summed E-state index contributed by atoms with van der Waals surface area (Å²) in [6.45, 7) is 12.3. The Morgan fingerprint density at radius 1 is 1.23 bits per heavy atom. The molecule has 1 fully saturated rings. The fourth-order valence-electron chi connectivity index (χ4n) is 2.79. The van der Waals surface area contributed by atoms with Crippen molar-refractivity contribution in [3.05, 3.63) is 23.5 Å². The first-order valence-electron chi connectivity index (χ1n) is 8.07. The zero-order valence-corrected chi connectivity index (χ0v) is 14.2. The Bertz CT molecular complexity index is 497. The lowest BCUT2D eigenvalue weighted by molar-refractivity contribution is 0.134. The molecule has 5 heteroatoms. The smallest absolute Gasteiger partial charge is 0.319 e. The second-order valence-corrected chi connectivity index (χ2v) is 7.03. The number of hydrogen-bond acceptors (Lipinski definition) is 3. The summed E-state index contributed by atoms with van der Waals surface area (Å²) in [7, 11) is 0. The molecule has 0 spiro atoms. The molecule has 0 aliphatic carbocycles. The maximum atomic E-state index is 11.9. The molecule has 0 saturated carbocycles. The van der Waals surface area contributed by atoms with Gasteiger partial charge in [0.25, 0.3) is 0 Å². The number of carbonyl (C=O) groups is 1.